The van der Waals surface area contributed by atoms with Crippen LogP contribution in [0.3, 0.4) is 0 Å². The molecule has 0 unspecified atom stereocenters. The molecule has 24 heavy (non-hydrogen) atoms. The number of piperazine rings is 1. The Balaban J connectivity index is 1.51. The van der Waals surface area contributed by atoms with Gasteiger partial charge >= 0.3 is 6.03 Å². The van der Waals surface area contributed by atoms with Crippen molar-refractivity contribution in [2.24, 2.45) is 0 Å². The molecule has 8 heteroatoms. The van der Waals surface area contributed by atoms with Crippen molar-refractivity contribution in [3.63, 3.8) is 0 Å². The third-order valence-electron chi connectivity index (χ3n) is 3.92. The van der Waals surface area contributed by atoms with Gasteiger partial charge in [0, 0.05) is 38.4 Å². The van der Waals surface area contributed by atoms with Crippen molar-refractivity contribution in [2.75, 3.05) is 38.6 Å². The summed E-state index contributed by atoms with van der Waals surface area (Å²) in [7, 11) is 1.53. The van der Waals surface area contributed by atoms with Gasteiger partial charge in [-0.2, -0.15) is 0 Å². The number of nitrogens with zero attached hydrogens (tertiary/aromatic N) is 4. The van der Waals surface area contributed by atoms with E-state index in [4.69, 9.17) is 9.26 Å². The van der Waals surface area contributed by atoms with E-state index in [-0.39, 0.29) is 6.03 Å². The summed E-state index contributed by atoms with van der Waals surface area (Å²) in [5.74, 6) is 1.26. The first-order chi connectivity index (χ1) is 11.7. The molecule has 2 aromatic heterocycles. The largest absolute Gasteiger partial charge is 0.480 e. The van der Waals surface area contributed by atoms with E-state index in [2.05, 4.69) is 20.4 Å². The minimum atomic E-state index is -0.142. The third kappa shape index (κ3) is 3.83. The molecular formula is C16H21N5O3. The second kappa shape index (κ2) is 7.31. The Kier molecular flexibility index (Phi) is 4.95. The van der Waals surface area contributed by atoms with Crippen molar-refractivity contribution >= 4 is 11.7 Å². The average Bonchev–Trinajstić information content (AvgIpc) is 3.01. The van der Waals surface area contributed by atoms with Crippen LogP contribution in [-0.2, 0) is 6.54 Å². The van der Waals surface area contributed by atoms with E-state index in [1.54, 1.807) is 23.2 Å². The van der Waals surface area contributed by atoms with Gasteiger partial charge in [-0.25, -0.2) is 9.78 Å². The highest BCUT2D eigenvalue weighted by Crippen LogP contribution is 2.20. The predicted octanol–water partition coefficient (Wildman–Crippen LogP) is 1.74. The molecule has 8 nitrogen and oxygen atoms in total. The summed E-state index contributed by atoms with van der Waals surface area (Å²) in [6.07, 6.45) is 1.62. The molecule has 2 aromatic rings. The zero-order valence-corrected chi connectivity index (χ0v) is 13.9. The van der Waals surface area contributed by atoms with Crippen molar-refractivity contribution in [2.45, 2.75) is 13.5 Å². The van der Waals surface area contributed by atoms with E-state index in [1.165, 1.54) is 7.11 Å². The van der Waals surface area contributed by atoms with E-state index >= 15 is 0 Å². The molecule has 1 aliphatic heterocycles. The fraction of sp³-hybridized carbons (Fsp3) is 0.438. The van der Waals surface area contributed by atoms with Gasteiger partial charge in [0.2, 0.25) is 5.88 Å². The van der Waals surface area contributed by atoms with Gasteiger partial charge in [0.1, 0.15) is 5.69 Å². The standard InChI is InChI=1S/C16H21N5O3/c1-12-10-13(24-19-12)11-20-6-8-21(9-7-20)16(22)18-14-4-3-5-17-15(14)23-2/h3-5,10H,6-9,11H2,1-2H3,(H,18,22). The van der Waals surface area contributed by atoms with Crippen LogP contribution in [0.5, 0.6) is 5.88 Å². The first-order valence-electron chi connectivity index (χ1n) is 7.85. The Morgan fingerprint density at radius 1 is 1.38 bits per heavy atom. The van der Waals surface area contributed by atoms with Crippen LogP contribution in [0, 0.1) is 6.92 Å². The van der Waals surface area contributed by atoms with Crippen LogP contribution in [0.25, 0.3) is 0 Å². The maximum absolute atomic E-state index is 12.4. The molecule has 0 radical (unpaired) electrons. The first kappa shape index (κ1) is 16.3. The van der Waals surface area contributed by atoms with E-state index in [0.29, 0.717) is 31.2 Å². The van der Waals surface area contributed by atoms with Crippen molar-refractivity contribution in [3.8, 4) is 5.88 Å². The molecule has 0 saturated carbocycles. The topological polar surface area (TPSA) is 83.7 Å². The molecule has 1 saturated heterocycles. The number of ether oxygens (including phenoxy) is 1. The summed E-state index contributed by atoms with van der Waals surface area (Å²) in [5.41, 5.74) is 1.46. The van der Waals surface area contributed by atoms with Gasteiger partial charge in [0.25, 0.3) is 0 Å². The number of amides is 2. The number of methoxy groups -OCH3 is 1. The molecule has 3 heterocycles. The highest BCUT2D eigenvalue weighted by molar-refractivity contribution is 5.90. The van der Waals surface area contributed by atoms with Crippen molar-refractivity contribution < 1.29 is 14.1 Å². The van der Waals surface area contributed by atoms with E-state index in [1.807, 2.05) is 13.0 Å². The first-order valence-corrected chi connectivity index (χ1v) is 7.85. The lowest BCUT2D eigenvalue weighted by Crippen LogP contribution is -2.49. The van der Waals surface area contributed by atoms with Gasteiger partial charge in [-0.05, 0) is 19.1 Å². The number of pyridine rings is 1. The SMILES string of the molecule is COc1ncccc1NC(=O)N1CCN(Cc2cc(C)no2)CC1. The third-order valence-corrected chi connectivity index (χ3v) is 3.92. The van der Waals surface area contributed by atoms with E-state index < -0.39 is 0 Å². The monoisotopic (exact) mass is 331 g/mol. The molecule has 0 bridgehead atoms. The zero-order valence-electron chi connectivity index (χ0n) is 13.9. The van der Waals surface area contributed by atoms with Crippen LogP contribution in [-0.4, -0.2) is 59.3 Å². The maximum atomic E-state index is 12.4. The summed E-state index contributed by atoms with van der Waals surface area (Å²) in [4.78, 5) is 20.5. The molecule has 0 aromatic carbocycles. The lowest BCUT2D eigenvalue weighted by atomic mass is 10.3. The second-order valence-electron chi connectivity index (χ2n) is 5.69. The molecule has 0 spiro atoms. The summed E-state index contributed by atoms with van der Waals surface area (Å²) < 4.78 is 10.4. The summed E-state index contributed by atoms with van der Waals surface area (Å²) in [6, 6.07) is 5.33. The Hall–Kier alpha value is -2.61. The van der Waals surface area contributed by atoms with Gasteiger partial charge in [-0.3, -0.25) is 4.90 Å². The predicted molar refractivity (Wildman–Crippen MR) is 87.9 cm³/mol. The van der Waals surface area contributed by atoms with Gasteiger partial charge < -0.3 is 19.5 Å². The van der Waals surface area contributed by atoms with Crippen LogP contribution in [0.4, 0.5) is 10.5 Å². The van der Waals surface area contributed by atoms with Crippen molar-refractivity contribution in [1.29, 1.82) is 0 Å². The van der Waals surface area contributed by atoms with E-state index in [0.717, 1.165) is 24.5 Å². The number of aromatic nitrogens is 2. The Morgan fingerprint density at radius 2 is 2.17 bits per heavy atom. The average molecular weight is 331 g/mol. The van der Waals surface area contributed by atoms with Gasteiger partial charge in [0.05, 0.1) is 19.3 Å². The molecule has 128 valence electrons. The fourth-order valence-corrected chi connectivity index (χ4v) is 2.66. The molecule has 1 fully saturated rings. The van der Waals surface area contributed by atoms with Crippen molar-refractivity contribution in [1.82, 2.24) is 19.9 Å². The Morgan fingerprint density at radius 3 is 2.83 bits per heavy atom. The number of rotatable bonds is 4. The number of aryl methyl sites for hydroxylation is 1. The van der Waals surface area contributed by atoms with Gasteiger partial charge in [0.15, 0.2) is 5.76 Å². The molecule has 0 atom stereocenters. The normalized spacial score (nSPS) is 15.3. The fourth-order valence-electron chi connectivity index (χ4n) is 2.66. The Labute approximate surface area is 140 Å². The summed E-state index contributed by atoms with van der Waals surface area (Å²) >= 11 is 0. The lowest BCUT2D eigenvalue weighted by molar-refractivity contribution is 0.134. The van der Waals surface area contributed by atoms with Crippen molar-refractivity contribution in [3.05, 3.63) is 35.9 Å². The van der Waals surface area contributed by atoms with E-state index in [9.17, 15) is 4.79 Å². The summed E-state index contributed by atoms with van der Waals surface area (Å²) in [5, 5.41) is 6.75. The number of carbonyl (C=O) groups excluding carboxylic acids is 1. The number of anilines is 1. The summed E-state index contributed by atoms with van der Waals surface area (Å²) in [6.45, 7) is 5.51. The smallest absolute Gasteiger partial charge is 0.322 e. The number of hydrogen-bond donors (Lipinski definition) is 1. The highest BCUT2D eigenvalue weighted by atomic mass is 16.5. The quantitative estimate of drug-likeness (QED) is 0.919. The maximum Gasteiger partial charge on any atom is 0.322 e. The second-order valence-corrected chi connectivity index (χ2v) is 5.69. The van der Waals surface area contributed by atoms with Crippen LogP contribution in [0.1, 0.15) is 11.5 Å². The number of carbonyl (C=O) groups is 1. The Bertz CT molecular complexity index is 695. The van der Waals surface area contributed by atoms with Crippen LogP contribution in [0.15, 0.2) is 28.9 Å². The number of nitrogens with one attached hydrogen (secondary N) is 1. The number of urea groups is 1. The van der Waals surface area contributed by atoms with Crippen LogP contribution in [0.2, 0.25) is 0 Å². The lowest BCUT2D eigenvalue weighted by Gasteiger charge is -2.34. The minimum Gasteiger partial charge on any atom is -0.480 e. The molecule has 1 N–H and O–H groups in total. The molecule has 3 rings (SSSR count). The molecule has 0 aliphatic carbocycles. The van der Waals surface area contributed by atoms with Gasteiger partial charge in [-0.15, -0.1) is 0 Å². The minimum absolute atomic E-state index is 0.142. The van der Waals surface area contributed by atoms with Crippen LogP contribution < -0.4 is 10.1 Å². The molecule has 2 amide bonds. The zero-order chi connectivity index (χ0) is 16.9. The highest BCUT2D eigenvalue weighted by Gasteiger charge is 2.22. The number of hydrogen-bond acceptors (Lipinski definition) is 6. The molecule has 1 aliphatic rings. The van der Waals surface area contributed by atoms with Gasteiger partial charge in [-0.1, -0.05) is 5.16 Å². The molecular weight excluding hydrogens is 310 g/mol. The van der Waals surface area contributed by atoms with Crippen LogP contribution >= 0.6 is 0 Å².